The number of carbonyl (C=O) groups excluding carboxylic acids is 2. The van der Waals surface area contributed by atoms with E-state index in [1.54, 1.807) is 33.3 Å². The number of ketones is 1. The SMILES string of the molecule is CCOC(=O)[C@H]1C(=O)C=C(c2ccc(OC)cc2OC)C[C@@H]1c1ccccc1. The summed E-state index contributed by atoms with van der Waals surface area (Å²) in [6, 6.07) is 15.1. The Bertz CT molecular complexity index is 885. The van der Waals surface area contributed by atoms with Crippen molar-refractivity contribution in [2.45, 2.75) is 19.3 Å². The predicted octanol–water partition coefficient (Wildman–Crippen LogP) is 4.02. The van der Waals surface area contributed by atoms with Crippen molar-refractivity contribution >= 4 is 17.3 Å². The summed E-state index contributed by atoms with van der Waals surface area (Å²) in [6.07, 6.45) is 2.08. The Labute approximate surface area is 164 Å². The van der Waals surface area contributed by atoms with Crippen LogP contribution in [0.4, 0.5) is 0 Å². The van der Waals surface area contributed by atoms with Gasteiger partial charge in [-0.3, -0.25) is 9.59 Å². The maximum Gasteiger partial charge on any atom is 0.317 e. The lowest BCUT2D eigenvalue weighted by molar-refractivity contribution is -0.151. The van der Waals surface area contributed by atoms with Crippen LogP contribution in [0.2, 0.25) is 0 Å². The molecule has 1 aliphatic rings. The Hall–Kier alpha value is -3.08. The Morgan fingerprint density at radius 2 is 1.82 bits per heavy atom. The zero-order valence-corrected chi connectivity index (χ0v) is 16.3. The lowest BCUT2D eigenvalue weighted by Gasteiger charge is -2.30. The minimum absolute atomic E-state index is 0.243. The Morgan fingerprint density at radius 1 is 1.07 bits per heavy atom. The van der Waals surface area contributed by atoms with Gasteiger partial charge in [-0.15, -0.1) is 0 Å². The molecule has 146 valence electrons. The van der Waals surface area contributed by atoms with Crippen LogP contribution in [-0.4, -0.2) is 32.6 Å². The highest BCUT2D eigenvalue weighted by Gasteiger charge is 2.40. The van der Waals surface area contributed by atoms with E-state index in [4.69, 9.17) is 14.2 Å². The zero-order valence-electron chi connectivity index (χ0n) is 16.3. The van der Waals surface area contributed by atoms with Crippen molar-refractivity contribution in [3.8, 4) is 11.5 Å². The van der Waals surface area contributed by atoms with Gasteiger partial charge >= 0.3 is 5.97 Å². The summed E-state index contributed by atoms with van der Waals surface area (Å²) in [5.41, 5.74) is 2.59. The van der Waals surface area contributed by atoms with E-state index in [1.165, 1.54) is 0 Å². The van der Waals surface area contributed by atoms with Crippen LogP contribution in [0.3, 0.4) is 0 Å². The van der Waals surface area contributed by atoms with Gasteiger partial charge in [-0.05, 0) is 42.7 Å². The van der Waals surface area contributed by atoms with Gasteiger partial charge in [0, 0.05) is 17.5 Å². The van der Waals surface area contributed by atoms with Crippen LogP contribution in [0.25, 0.3) is 5.57 Å². The topological polar surface area (TPSA) is 61.8 Å². The predicted molar refractivity (Wildman–Crippen MR) is 106 cm³/mol. The molecule has 0 N–H and O–H groups in total. The average molecular weight is 380 g/mol. The van der Waals surface area contributed by atoms with Gasteiger partial charge in [0.25, 0.3) is 0 Å². The third-order valence-electron chi connectivity index (χ3n) is 4.99. The molecule has 2 aromatic carbocycles. The second kappa shape index (κ2) is 8.74. The second-order valence-corrected chi connectivity index (χ2v) is 6.59. The number of methoxy groups -OCH3 is 2. The van der Waals surface area contributed by atoms with Gasteiger partial charge in [0.05, 0.1) is 20.8 Å². The highest BCUT2D eigenvalue weighted by Crippen LogP contribution is 2.43. The van der Waals surface area contributed by atoms with E-state index in [9.17, 15) is 9.59 Å². The number of carbonyl (C=O) groups is 2. The van der Waals surface area contributed by atoms with Crippen LogP contribution in [0.15, 0.2) is 54.6 Å². The van der Waals surface area contributed by atoms with Gasteiger partial charge in [0.2, 0.25) is 0 Å². The monoisotopic (exact) mass is 380 g/mol. The van der Waals surface area contributed by atoms with Gasteiger partial charge in [0.1, 0.15) is 17.4 Å². The first-order valence-electron chi connectivity index (χ1n) is 9.27. The fourth-order valence-electron chi connectivity index (χ4n) is 3.65. The molecule has 0 amide bonds. The number of ether oxygens (including phenoxy) is 3. The van der Waals surface area contributed by atoms with E-state index in [0.29, 0.717) is 17.9 Å². The van der Waals surface area contributed by atoms with Crippen molar-refractivity contribution in [3.05, 3.63) is 65.7 Å². The van der Waals surface area contributed by atoms with Crippen LogP contribution in [-0.2, 0) is 14.3 Å². The largest absolute Gasteiger partial charge is 0.497 e. The van der Waals surface area contributed by atoms with E-state index in [0.717, 1.165) is 16.7 Å². The summed E-state index contributed by atoms with van der Waals surface area (Å²) in [6.45, 7) is 1.99. The first-order chi connectivity index (χ1) is 13.6. The smallest absolute Gasteiger partial charge is 0.317 e. The average Bonchev–Trinajstić information content (AvgIpc) is 2.73. The Kier molecular flexibility index (Phi) is 6.14. The first-order valence-corrected chi connectivity index (χ1v) is 9.27. The minimum Gasteiger partial charge on any atom is -0.497 e. The molecule has 0 saturated heterocycles. The summed E-state index contributed by atoms with van der Waals surface area (Å²) in [5, 5.41) is 0. The van der Waals surface area contributed by atoms with E-state index >= 15 is 0 Å². The molecule has 0 saturated carbocycles. The molecule has 0 aliphatic heterocycles. The van der Waals surface area contributed by atoms with E-state index in [-0.39, 0.29) is 18.3 Å². The van der Waals surface area contributed by atoms with E-state index < -0.39 is 11.9 Å². The molecule has 0 spiro atoms. The van der Waals surface area contributed by atoms with Crippen molar-refractivity contribution in [2.24, 2.45) is 5.92 Å². The number of hydrogen-bond acceptors (Lipinski definition) is 5. The lowest BCUT2D eigenvalue weighted by Crippen LogP contribution is -2.34. The molecule has 0 aromatic heterocycles. The third kappa shape index (κ3) is 3.93. The molecule has 0 fully saturated rings. The lowest BCUT2D eigenvalue weighted by atomic mass is 9.73. The van der Waals surface area contributed by atoms with Crippen LogP contribution < -0.4 is 9.47 Å². The number of hydrogen-bond donors (Lipinski definition) is 0. The van der Waals surface area contributed by atoms with E-state index in [2.05, 4.69) is 0 Å². The van der Waals surface area contributed by atoms with Crippen LogP contribution >= 0.6 is 0 Å². The number of allylic oxidation sites excluding steroid dienone is 2. The van der Waals surface area contributed by atoms with Gasteiger partial charge in [-0.1, -0.05) is 30.3 Å². The molecule has 0 heterocycles. The summed E-state index contributed by atoms with van der Waals surface area (Å²) >= 11 is 0. The Balaban J connectivity index is 2.05. The molecule has 2 aromatic rings. The van der Waals surface area contributed by atoms with Crippen molar-refractivity contribution in [2.75, 3.05) is 20.8 Å². The standard InChI is InChI=1S/C23H24O5/c1-4-28-23(25)22-19(15-8-6-5-7-9-15)12-16(13-20(22)24)18-11-10-17(26-2)14-21(18)27-3/h5-11,13-14,19,22H,4,12H2,1-3H3/t19-,22-/m1/s1. The highest BCUT2D eigenvalue weighted by molar-refractivity contribution is 6.11. The molecular weight excluding hydrogens is 356 g/mol. The van der Waals surface area contributed by atoms with Crippen LogP contribution in [0.1, 0.15) is 30.4 Å². The van der Waals surface area contributed by atoms with Crippen molar-refractivity contribution in [3.63, 3.8) is 0 Å². The fourth-order valence-corrected chi connectivity index (χ4v) is 3.65. The van der Waals surface area contributed by atoms with Crippen molar-refractivity contribution in [1.29, 1.82) is 0 Å². The van der Waals surface area contributed by atoms with E-state index in [1.807, 2.05) is 42.5 Å². The maximum atomic E-state index is 13.0. The molecule has 28 heavy (non-hydrogen) atoms. The van der Waals surface area contributed by atoms with Gasteiger partial charge in [0.15, 0.2) is 5.78 Å². The fraction of sp³-hybridized carbons (Fsp3) is 0.304. The minimum atomic E-state index is -0.838. The molecule has 0 radical (unpaired) electrons. The summed E-state index contributed by atoms with van der Waals surface area (Å²) in [4.78, 5) is 25.5. The molecule has 5 heteroatoms. The molecule has 1 aliphatic carbocycles. The van der Waals surface area contributed by atoms with Crippen LogP contribution in [0.5, 0.6) is 11.5 Å². The van der Waals surface area contributed by atoms with Gasteiger partial charge < -0.3 is 14.2 Å². The summed E-state index contributed by atoms with van der Waals surface area (Å²) in [5.74, 6) is -0.549. The van der Waals surface area contributed by atoms with Gasteiger partial charge in [-0.25, -0.2) is 0 Å². The quantitative estimate of drug-likeness (QED) is 0.559. The Morgan fingerprint density at radius 3 is 2.46 bits per heavy atom. The molecule has 0 bridgehead atoms. The second-order valence-electron chi connectivity index (χ2n) is 6.59. The van der Waals surface area contributed by atoms with Crippen molar-refractivity contribution in [1.82, 2.24) is 0 Å². The van der Waals surface area contributed by atoms with Gasteiger partial charge in [-0.2, -0.15) is 0 Å². The molecule has 2 atom stereocenters. The van der Waals surface area contributed by atoms with Crippen molar-refractivity contribution < 1.29 is 23.8 Å². The summed E-state index contributed by atoms with van der Waals surface area (Å²) in [7, 11) is 3.17. The normalized spacial score (nSPS) is 19.0. The molecule has 5 nitrogen and oxygen atoms in total. The summed E-state index contributed by atoms with van der Waals surface area (Å²) < 4.78 is 16.0. The molecule has 0 unspecified atom stereocenters. The molecule has 3 rings (SSSR count). The van der Waals surface area contributed by atoms with Crippen LogP contribution in [0, 0.1) is 5.92 Å². The number of esters is 1. The third-order valence-corrected chi connectivity index (χ3v) is 4.99. The first kappa shape index (κ1) is 19.7. The number of rotatable bonds is 6. The zero-order chi connectivity index (χ0) is 20.1. The maximum absolute atomic E-state index is 13.0. The number of benzene rings is 2. The molecular formula is C23H24O5. The highest BCUT2D eigenvalue weighted by atomic mass is 16.5.